The van der Waals surface area contributed by atoms with Crippen molar-refractivity contribution < 1.29 is 4.79 Å². The van der Waals surface area contributed by atoms with Crippen LogP contribution in [0.15, 0.2) is 48.8 Å². The molecule has 0 amide bonds. The Morgan fingerprint density at radius 3 is 2.43 bits per heavy atom. The molecule has 23 heavy (non-hydrogen) atoms. The van der Waals surface area contributed by atoms with E-state index in [9.17, 15) is 4.79 Å². The number of carbonyl (C=O) groups is 1. The molecule has 3 rings (SSSR count). The Labute approximate surface area is 135 Å². The second-order valence-electron chi connectivity index (χ2n) is 5.71. The van der Waals surface area contributed by atoms with Gasteiger partial charge >= 0.3 is 0 Å². The number of hydrogen-bond acceptors (Lipinski definition) is 3. The number of hydrogen-bond donors (Lipinski definition) is 0. The molecule has 0 spiro atoms. The van der Waals surface area contributed by atoms with Gasteiger partial charge in [0.1, 0.15) is 0 Å². The number of carbonyl (C=O) groups excluding carboxylic acids is 1. The predicted octanol–water partition coefficient (Wildman–Crippen LogP) is 3.52. The maximum atomic E-state index is 12.2. The van der Waals surface area contributed by atoms with Crippen molar-refractivity contribution in [3.05, 3.63) is 71.3 Å². The second kappa shape index (κ2) is 6.16. The van der Waals surface area contributed by atoms with E-state index < -0.39 is 0 Å². The van der Waals surface area contributed by atoms with Crippen LogP contribution < -0.4 is 0 Å². The lowest BCUT2D eigenvalue weighted by atomic mass is 9.99. The summed E-state index contributed by atoms with van der Waals surface area (Å²) in [4.78, 5) is 16.2. The number of aryl methyl sites for hydroxylation is 2. The zero-order valence-electron chi connectivity index (χ0n) is 13.6. The van der Waals surface area contributed by atoms with E-state index in [0.29, 0.717) is 12.0 Å². The van der Waals surface area contributed by atoms with Gasteiger partial charge < -0.3 is 0 Å². The van der Waals surface area contributed by atoms with Crippen molar-refractivity contribution >= 4 is 5.78 Å². The van der Waals surface area contributed by atoms with Crippen LogP contribution >= 0.6 is 0 Å². The lowest BCUT2D eigenvalue weighted by Gasteiger charge is -2.05. The molecule has 116 valence electrons. The zero-order valence-corrected chi connectivity index (χ0v) is 13.6. The topological polar surface area (TPSA) is 47.8 Å². The Morgan fingerprint density at radius 2 is 1.87 bits per heavy atom. The lowest BCUT2D eigenvalue weighted by molar-refractivity contribution is 0.0992. The maximum absolute atomic E-state index is 12.2. The fourth-order valence-corrected chi connectivity index (χ4v) is 2.80. The van der Waals surface area contributed by atoms with Gasteiger partial charge in [-0.1, -0.05) is 24.3 Å². The Kier molecular flexibility index (Phi) is 4.06. The molecule has 0 aliphatic heterocycles. The zero-order chi connectivity index (χ0) is 16.4. The van der Waals surface area contributed by atoms with E-state index in [-0.39, 0.29) is 5.78 Å². The summed E-state index contributed by atoms with van der Waals surface area (Å²) in [5.74, 6) is 0.0830. The lowest BCUT2D eigenvalue weighted by Crippen LogP contribution is -2.03. The van der Waals surface area contributed by atoms with Crippen LogP contribution in [0.4, 0.5) is 0 Å². The van der Waals surface area contributed by atoms with Gasteiger partial charge in [0.25, 0.3) is 0 Å². The molecule has 2 heterocycles. The van der Waals surface area contributed by atoms with Crippen LogP contribution in [-0.4, -0.2) is 20.5 Å². The smallest absolute Gasteiger partial charge is 0.168 e. The Hall–Kier alpha value is -2.75. The monoisotopic (exact) mass is 305 g/mol. The molecular weight excluding hydrogens is 286 g/mol. The van der Waals surface area contributed by atoms with Crippen molar-refractivity contribution in [2.45, 2.75) is 20.3 Å². The van der Waals surface area contributed by atoms with E-state index in [0.717, 1.165) is 28.1 Å². The summed E-state index contributed by atoms with van der Waals surface area (Å²) in [5.41, 5.74) is 6.10. The van der Waals surface area contributed by atoms with Crippen LogP contribution in [0.1, 0.15) is 27.3 Å². The van der Waals surface area contributed by atoms with Crippen LogP contribution in [0, 0.1) is 13.8 Å². The molecule has 2 aromatic heterocycles. The fraction of sp³-hybridized carbons (Fsp3) is 0.211. The number of benzene rings is 1. The summed E-state index contributed by atoms with van der Waals surface area (Å²) in [6.07, 6.45) is 3.67. The largest absolute Gasteiger partial charge is 0.294 e. The first-order chi connectivity index (χ1) is 11.1. The summed E-state index contributed by atoms with van der Waals surface area (Å²) >= 11 is 0. The van der Waals surface area contributed by atoms with Gasteiger partial charge in [-0.3, -0.25) is 14.5 Å². The molecule has 0 unspecified atom stereocenters. The first-order valence-electron chi connectivity index (χ1n) is 7.59. The minimum atomic E-state index is 0.0830. The molecule has 0 N–H and O–H groups in total. The van der Waals surface area contributed by atoms with Gasteiger partial charge in [-0.2, -0.15) is 5.10 Å². The molecule has 0 saturated heterocycles. The van der Waals surface area contributed by atoms with Crippen molar-refractivity contribution in [3.63, 3.8) is 0 Å². The average molecular weight is 305 g/mol. The highest BCUT2D eigenvalue weighted by Crippen LogP contribution is 2.26. The fourth-order valence-electron chi connectivity index (χ4n) is 2.80. The van der Waals surface area contributed by atoms with Gasteiger partial charge in [-0.15, -0.1) is 0 Å². The number of rotatable bonds is 4. The van der Waals surface area contributed by atoms with Crippen molar-refractivity contribution in [2.75, 3.05) is 0 Å². The third-order valence-electron chi connectivity index (χ3n) is 4.10. The minimum absolute atomic E-state index is 0.0830. The van der Waals surface area contributed by atoms with Gasteiger partial charge in [0, 0.05) is 42.7 Å². The van der Waals surface area contributed by atoms with Gasteiger partial charge in [0.05, 0.1) is 5.69 Å². The number of ketones is 1. The summed E-state index contributed by atoms with van der Waals surface area (Å²) in [5, 5.41) is 4.45. The van der Waals surface area contributed by atoms with Gasteiger partial charge in [-0.05, 0) is 37.1 Å². The summed E-state index contributed by atoms with van der Waals surface area (Å²) in [6, 6.07) is 11.7. The van der Waals surface area contributed by atoms with Crippen LogP contribution in [0.25, 0.3) is 11.1 Å². The van der Waals surface area contributed by atoms with Crippen molar-refractivity contribution in [3.8, 4) is 11.1 Å². The SMILES string of the molecule is Cc1nn(C)c(C)c1-c1ccc(CC(=O)c2cccnc2)cc1. The molecule has 4 nitrogen and oxygen atoms in total. The molecule has 0 saturated carbocycles. The molecular formula is C19H19N3O. The van der Waals surface area contributed by atoms with Crippen LogP contribution in [0.2, 0.25) is 0 Å². The minimum Gasteiger partial charge on any atom is -0.294 e. The Bertz CT molecular complexity index is 833. The normalized spacial score (nSPS) is 10.7. The highest BCUT2D eigenvalue weighted by atomic mass is 16.1. The molecule has 4 heteroatoms. The average Bonchev–Trinajstić information content (AvgIpc) is 2.82. The van der Waals surface area contributed by atoms with E-state index in [1.165, 1.54) is 0 Å². The number of Topliss-reactive ketones (excluding diaryl/α,β-unsaturated/α-hetero) is 1. The Balaban J connectivity index is 1.81. The highest BCUT2D eigenvalue weighted by molar-refractivity contribution is 5.97. The van der Waals surface area contributed by atoms with Crippen molar-refractivity contribution in [2.24, 2.45) is 7.05 Å². The number of aromatic nitrogens is 3. The number of pyridine rings is 1. The Morgan fingerprint density at radius 1 is 1.13 bits per heavy atom. The first-order valence-corrected chi connectivity index (χ1v) is 7.59. The molecule has 3 aromatic rings. The molecule has 0 aliphatic rings. The van der Waals surface area contributed by atoms with E-state index in [1.54, 1.807) is 24.5 Å². The van der Waals surface area contributed by atoms with E-state index >= 15 is 0 Å². The molecule has 1 aromatic carbocycles. The van der Waals surface area contributed by atoms with Gasteiger partial charge in [0.15, 0.2) is 5.78 Å². The summed E-state index contributed by atoms with van der Waals surface area (Å²) < 4.78 is 1.89. The van der Waals surface area contributed by atoms with Crippen LogP contribution in [0.5, 0.6) is 0 Å². The predicted molar refractivity (Wildman–Crippen MR) is 90.4 cm³/mol. The molecule has 0 aliphatic carbocycles. The van der Waals surface area contributed by atoms with E-state index in [2.05, 4.69) is 29.1 Å². The van der Waals surface area contributed by atoms with Crippen molar-refractivity contribution in [1.29, 1.82) is 0 Å². The molecule has 0 atom stereocenters. The third-order valence-corrected chi connectivity index (χ3v) is 4.10. The highest BCUT2D eigenvalue weighted by Gasteiger charge is 2.12. The molecule has 0 radical (unpaired) electrons. The standard InChI is InChI=1S/C19H19N3O/c1-13-19(14(2)22(3)21-13)16-8-6-15(7-9-16)11-18(23)17-5-4-10-20-12-17/h4-10,12H,11H2,1-3H3. The number of nitrogens with zero attached hydrogens (tertiary/aromatic N) is 3. The van der Waals surface area contributed by atoms with E-state index in [1.807, 2.05) is 30.8 Å². The van der Waals surface area contributed by atoms with Gasteiger partial charge in [-0.25, -0.2) is 0 Å². The second-order valence-corrected chi connectivity index (χ2v) is 5.71. The summed E-state index contributed by atoms with van der Waals surface area (Å²) in [6.45, 7) is 4.08. The maximum Gasteiger partial charge on any atom is 0.168 e. The first kappa shape index (κ1) is 15.2. The van der Waals surface area contributed by atoms with Crippen LogP contribution in [0.3, 0.4) is 0 Å². The van der Waals surface area contributed by atoms with Gasteiger partial charge in [0.2, 0.25) is 0 Å². The quantitative estimate of drug-likeness (QED) is 0.693. The van der Waals surface area contributed by atoms with E-state index in [4.69, 9.17) is 0 Å². The molecule has 0 bridgehead atoms. The van der Waals surface area contributed by atoms with Crippen LogP contribution in [-0.2, 0) is 13.5 Å². The molecule has 0 fully saturated rings. The summed E-state index contributed by atoms with van der Waals surface area (Å²) in [7, 11) is 1.95. The van der Waals surface area contributed by atoms with Crippen molar-refractivity contribution in [1.82, 2.24) is 14.8 Å². The third kappa shape index (κ3) is 3.06.